The molecule has 1 N–H and O–H groups in total. The van der Waals surface area contributed by atoms with Gasteiger partial charge in [-0.2, -0.15) is 0 Å². The highest BCUT2D eigenvalue weighted by Gasteiger charge is 2.14. The molecule has 2 heterocycles. The first-order valence-electron chi connectivity index (χ1n) is 6.93. The van der Waals surface area contributed by atoms with Crippen LogP contribution < -0.4 is 0 Å². The van der Waals surface area contributed by atoms with E-state index in [1.807, 2.05) is 30.5 Å². The first-order chi connectivity index (χ1) is 10.8. The number of hydrogen-bond donors (Lipinski definition) is 1. The van der Waals surface area contributed by atoms with Crippen LogP contribution >= 0.6 is 0 Å². The Balaban J connectivity index is 1.66. The number of nitrogens with one attached hydrogen (secondary N) is 1. The van der Waals surface area contributed by atoms with Crippen LogP contribution in [-0.4, -0.2) is 15.2 Å². The standard InChI is InChI=1S/C17H12FN3O/c18-14-7-3-1-6-13(14)17-21-20-16(22-17)9-11-10-19-15-8-4-2-5-12(11)15/h1-8,10,19H,9H2. The van der Waals surface area contributed by atoms with Crippen molar-refractivity contribution < 1.29 is 8.81 Å². The Labute approximate surface area is 125 Å². The predicted octanol–water partition coefficient (Wildman–Crippen LogP) is 3.95. The normalized spacial score (nSPS) is 11.1. The summed E-state index contributed by atoms with van der Waals surface area (Å²) in [6.45, 7) is 0. The Morgan fingerprint density at radius 3 is 2.73 bits per heavy atom. The molecule has 5 heteroatoms. The maximum atomic E-state index is 13.7. The maximum Gasteiger partial charge on any atom is 0.250 e. The number of hydrogen-bond acceptors (Lipinski definition) is 3. The number of para-hydroxylation sites is 1. The fraction of sp³-hybridized carbons (Fsp3) is 0.0588. The van der Waals surface area contributed by atoms with Gasteiger partial charge in [0.05, 0.1) is 12.0 Å². The van der Waals surface area contributed by atoms with Crippen molar-refractivity contribution in [2.24, 2.45) is 0 Å². The smallest absolute Gasteiger partial charge is 0.250 e. The number of nitrogens with zero attached hydrogens (tertiary/aromatic N) is 2. The molecule has 4 aromatic rings. The van der Waals surface area contributed by atoms with Crippen LogP contribution in [0, 0.1) is 5.82 Å². The third kappa shape index (κ3) is 2.16. The first-order valence-corrected chi connectivity index (χ1v) is 6.93. The molecule has 0 fully saturated rings. The van der Waals surface area contributed by atoms with Crippen LogP contribution in [0.3, 0.4) is 0 Å². The third-order valence-electron chi connectivity index (χ3n) is 3.59. The lowest BCUT2D eigenvalue weighted by Crippen LogP contribution is -1.86. The van der Waals surface area contributed by atoms with E-state index in [-0.39, 0.29) is 11.7 Å². The summed E-state index contributed by atoms with van der Waals surface area (Å²) in [6, 6.07) is 14.4. The Morgan fingerprint density at radius 1 is 1.00 bits per heavy atom. The molecule has 0 aliphatic rings. The van der Waals surface area contributed by atoms with Crippen LogP contribution in [0.2, 0.25) is 0 Å². The lowest BCUT2D eigenvalue weighted by atomic mass is 10.1. The van der Waals surface area contributed by atoms with Crippen molar-refractivity contribution in [3.05, 3.63) is 72.0 Å². The highest BCUT2D eigenvalue weighted by atomic mass is 19.1. The molecular formula is C17H12FN3O. The number of halogens is 1. The van der Waals surface area contributed by atoms with Gasteiger partial charge in [0.2, 0.25) is 5.89 Å². The van der Waals surface area contributed by atoms with Gasteiger partial charge in [-0.05, 0) is 23.8 Å². The van der Waals surface area contributed by atoms with Gasteiger partial charge < -0.3 is 9.40 Å². The van der Waals surface area contributed by atoms with Crippen molar-refractivity contribution in [3.8, 4) is 11.5 Å². The Morgan fingerprint density at radius 2 is 1.82 bits per heavy atom. The summed E-state index contributed by atoms with van der Waals surface area (Å²) < 4.78 is 19.3. The highest BCUT2D eigenvalue weighted by Crippen LogP contribution is 2.24. The van der Waals surface area contributed by atoms with E-state index in [0.29, 0.717) is 17.9 Å². The average molecular weight is 293 g/mol. The molecule has 0 atom stereocenters. The largest absolute Gasteiger partial charge is 0.420 e. The molecule has 0 aliphatic heterocycles. The van der Waals surface area contributed by atoms with Crippen LogP contribution in [0.1, 0.15) is 11.5 Å². The minimum absolute atomic E-state index is 0.202. The lowest BCUT2D eigenvalue weighted by Gasteiger charge is -1.96. The second-order valence-electron chi connectivity index (χ2n) is 5.02. The van der Waals surface area contributed by atoms with Crippen LogP contribution in [0.15, 0.2) is 59.1 Å². The van der Waals surface area contributed by atoms with Gasteiger partial charge in [-0.25, -0.2) is 4.39 Å². The number of rotatable bonds is 3. The molecule has 0 amide bonds. The molecule has 0 saturated heterocycles. The fourth-order valence-corrected chi connectivity index (χ4v) is 2.51. The number of benzene rings is 2. The predicted molar refractivity (Wildman–Crippen MR) is 80.8 cm³/mol. The van der Waals surface area contributed by atoms with Gasteiger partial charge in [0.15, 0.2) is 0 Å². The van der Waals surface area contributed by atoms with Gasteiger partial charge in [0.1, 0.15) is 5.82 Å². The Kier molecular flexibility index (Phi) is 2.96. The fourth-order valence-electron chi connectivity index (χ4n) is 2.51. The maximum absolute atomic E-state index is 13.7. The third-order valence-corrected chi connectivity index (χ3v) is 3.59. The van der Waals surface area contributed by atoms with E-state index in [4.69, 9.17) is 4.42 Å². The molecule has 108 valence electrons. The molecule has 0 bridgehead atoms. The summed E-state index contributed by atoms with van der Waals surface area (Å²) in [7, 11) is 0. The molecule has 22 heavy (non-hydrogen) atoms. The van der Waals surface area contributed by atoms with Crippen molar-refractivity contribution in [1.82, 2.24) is 15.2 Å². The summed E-state index contributed by atoms with van der Waals surface area (Å²) in [5.74, 6) is 0.292. The topological polar surface area (TPSA) is 54.7 Å². The molecule has 2 aromatic carbocycles. The molecule has 2 aromatic heterocycles. The lowest BCUT2D eigenvalue weighted by molar-refractivity contribution is 0.513. The zero-order valence-corrected chi connectivity index (χ0v) is 11.6. The zero-order chi connectivity index (χ0) is 14.9. The SMILES string of the molecule is Fc1ccccc1-c1nnc(Cc2c[nH]c3ccccc23)o1. The summed E-state index contributed by atoms with van der Waals surface area (Å²) in [5, 5.41) is 9.08. The number of fused-ring (bicyclic) bond motifs is 1. The van der Waals surface area contributed by atoms with Crippen molar-refractivity contribution in [2.75, 3.05) is 0 Å². The molecule has 0 spiro atoms. The van der Waals surface area contributed by atoms with Gasteiger partial charge in [-0.3, -0.25) is 0 Å². The minimum Gasteiger partial charge on any atom is -0.420 e. The summed E-state index contributed by atoms with van der Waals surface area (Å²) in [4.78, 5) is 3.21. The van der Waals surface area contributed by atoms with Crippen LogP contribution in [0.4, 0.5) is 4.39 Å². The molecule has 4 nitrogen and oxygen atoms in total. The Hall–Kier alpha value is -2.95. The minimum atomic E-state index is -0.371. The quantitative estimate of drug-likeness (QED) is 0.622. The van der Waals surface area contributed by atoms with E-state index in [2.05, 4.69) is 15.2 Å². The van der Waals surface area contributed by atoms with Crippen LogP contribution in [0.5, 0.6) is 0 Å². The molecule has 0 unspecified atom stereocenters. The molecule has 0 saturated carbocycles. The van der Waals surface area contributed by atoms with Crippen molar-refractivity contribution >= 4 is 10.9 Å². The zero-order valence-electron chi connectivity index (χ0n) is 11.6. The number of H-pyrrole nitrogens is 1. The average Bonchev–Trinajstić information content (AvgIpc) is 3.16. The van der Waals surface area contributed by atoms with Crippen LogP contribution in [-0.2, 0) is 6.42 Å². The second kappa shape index (κ2) is 5.11. The van der Waals surface area contributed by atoms with Crippen molar-refractivity contribution in [3.63, 3.8) is 0 Å². The van der Waals surface area contributed by atoms with E-state index in [1.54, 1.807) is 18.2 Å². The molecule has 0 radical (unpaired) electrons. The van der Waals surface area contributed by atoms with Gasteiger partial charge in [0, 0.05) is 17.1 Å². The van der Waals surface area contributed by atoms with Gasteiger partial charge in [-0.15, -0.1) is 10.2 Å². The number of aromatic nitrogens is 3. The van der Waals surface area contributed by atoms with Crippen molar-refractivity contribution in [1.29, 1.82) is 0 Å². The number of aromatic amines is 1. The van der Waals surface area contributed by atoms with Crippen molar-refractivity contribution in [2.45, 2.75) is 6.42 Å². The summed E-state index contributed by atoms with van der Waals surface area (Å²) in [6.07, 6.45) is 2.43. The van der Waals surface area contributed by atoms with Gasteiger partial charge >= 0.3 is 0 Å². The van der Waals surface area contributed by atoms with Gasteiger partial charge in [0.25, 0.3) is 5.89 Å². The molecule has 4 rings (SSSR count). The monoisotopic (exact) mass is 293 g/mol. The van der Waals surface area contributed by atoms with E-state index in [0.717, 1.165) is 16.5 Å². The molecule has 0 aliphatic carbocycles. The summed E-state index contributed by atoms with van der Waals surface area (Å²) in [5.41, 5.74) is 2.45. The van der Waals surface area contributed by atoms with Gasteiger partial charge in [-0.1, -0.05) is 30.3 Å². The Bertz CT molecular complexity index is 942. The van der Waals surface area contributed by atoms with E-state index < -0.39 is 0 Å². The summed E-state index contributed by atoms with van der Waals surface area (Å²) >= 11 is 0. The highest BCUT2D eigenvalue weighted by molar-refractivity contribution is 5.83. The van der Waals surface area contributed by atoms with E-state index in [1.165, 1.54) is 6.07 Å². The first kappa shape index (κ1) is 12.8. The van der Waals surface area contributed by atoms with E-state index in [9.17, 15) is 4.39 Å². The molecular weight excluding hydrogens is 281 g/mol. The second-order valence-corrected chi connectivity index (χ2v) is 5.02. The van der Waals surface area contributed by atoms with E-state index >= 15 is 0 Å². The van der Waals surface area contributed by atoms with Crippen LogP contribution in [0.25, 0.3) is 22.4 Å².